The summed E-state index contributed by atoms with van der Waals surface area (Å²) in [6, 6.07) is 0. The highest BCUT2D eigenvalue weighted by Crippen LogP contribution is 2.10. The van der Waals surface area contributed by atoms with Gasteiger partial charge in [-0.15, -0.1) is 0 Å². The molecule has 0 atom stereocenters. The summed E-state index contributed by atoms with van der Waals surface area (Å²) < 4.78 is 5.41. The van der Waals surface area contributed by atoms with Crippen molar-refractivity contribution in [2.75, 3.05) is 19.8 Å². The van der Waals surface area contributed by atoms with Gasteiger partial charge in [0.15, 0.2) is 0 Å². The van der Waals surface area contributed by atoms with Gasteiger partial charge in [-0.05, 0) is 17.8 Å². The number of allylic oxidation sites excluding steroid dienone is 1. The minimum Gasteiger partial charge on any atom is -0.377 e. The fourth-order valence-electron chi connectivity index (χ4n) is 1.22. The molecular formula is C15H29NO2. The second-order valence-corrected chi connectivity index (χ2v) is 6.28. The van der Waals surface area contributed by atoms with E-state index in [1.165, 1.54) is 0 Å². The molecule has 0 aromatic heterocycles. The highest BCUT2D eigenvalue weighted by Gasteiger charge is 2.10. The molecule has 0 saturated carbocycles. The van der Waals surface area contributed by atoms with E-state index < -0.39 is 0 Å². The lowest BCUT2D eigenvalue weighted by atomic mass is 9.97. The van der Waals surface area contributed by atoms with Crippen LogP contribution in [0.25, 0.3) is 0 Å². The maximum atomic E-state index is 11.5. The Balaban J connectivity index is 3.48. The summed E-state index contributed by atoms with van der Waals surface area (Å²) in [5.41, 5.74) is 0.149. The molecule has 0 radical (unpaired) electrons. The number of amides is 1. The predicted molar refractivity (Wildman–Crippen MR) is 76.5 cm³/mol. The molecular weight excluding hydrogens is 226 g/mol. The third-order valence-corrected chi connectivity index (χ3v) is 2.19. The SMILES string of the molecule is CC(C)COC/C=C\CCC(=O)NCC(C)(C)C. The number of carbonyl (C=O) groups excluding carboxylic acids is 1. The number of ether oxygens (including phenoxy) is 1. The largest absolute Gasteiger partial charge is 0.377 e. The summed E-state index contributed by atoms with van der Waals surface area (Å²) >= 11 is 0. The average molecular weight is 255 g/mol. The predicted octanol–water partition coefficient (Wildman–Crippen LogP) is 3.16. The van der Waals surface area contributed by atoms with Gasteiger partial charge in [-0.25, -0.2) is 0 Å². The number of carbonyl (C=O) groups is 1. The quantitative estimate of drug-likeness (QED) is 0.534. The topological polar surface area (TPSA) is 38.3 Å². The average Bonchev–Trinajstić information content (AvgIpc) is 2.23. The third-order valence-electron chi connectivity index (χ3n) is 2.19. The molecule has 0 saturated heterocycles. The molecule has 3 nitrogen and oxygen atoms in total. The Hall–Kier alpha value is -0.830. The Bertz CT molecular complexity index is 252. The first-order valence-electron chi connectivity index (χ1n) is 6.80. The van der Waals surface area contributed by atoms with E-state index in [0.717, 1.165) is 19.6 Å². The van der Waals surface area contributed by atoms with Gasteiger partial charge >= 0.3 is 0 Å². The fourth-order valence-corrected chi connectivity index (χ4v) is 1.22. The second kappa shape index (κ2) is 9.15. The van der Waals surface area contributed by atoms with Gasteiger partial charge < -0.3 is 10.1 Å². The first kappa shape index (κ1) is 17.2. The molecule has 18 heavy (non-hydrogen) atoms. The van der Waals surface area contributed by atoms with Crippen LogP contribution in [0.2, 0.25) is 0 Å². The maximum Gasteiger partial charge on any atom is 0.220 e. The molecule has 0 aromatic rings. The van der Waals surface area contributed by atoms with E-state index in [9.17, 15) is 4.79 Å². The summed E-state index contributed by atoms with van der Waals surface area (Å²) in [5, 5.41) is 2.94. The van der Waals surface area contributed by atoms with Crippen LogP contribution in [-0.4, -0.2) is 25.7 Å². The van der Waals surface area contributed by atoms with Gasteiger partial charge in [-0.1, -0.05) is 46.8 Å². The van der Waals surface area contributed by atoms with Crippen molar-refractivity contribution >= 4 is 5.91 Å². The zero-order valence-corrected chi connectivity index (χ0v) is 12.6. The summed E-state index contributed by atoms with van der Waals surface area (Å²) in [5.74, 6) is 0.694. The van der Waals surface area contributed by atoms with Crippen molar-refractivity contribution < 1.29 is 9.53 Å². The zero-order valence-electron chi connectivity index (χ0n) is 12.6. The molecule has 0 fully saturated rings. The summed E-state index contributed by atoms with van der Waals surface area (Å²) in [6.07, 6.45) is 5.33. The molecule has 0 aromatic carbocycles. The number of nitrogens with one attached hydrogen (secondary N) is 1. The molecule has 1 N–H and O–H groups in total. The molecule has 0 aliphatic rings. The van der Waals surface area contributed by atoms with E-state index in [0.29, 0.717) is 18.9 Å². The minimum absolute atomic E-state index is 0.123. The van der Waals surface area contributed by atoms with Gasteiger partial charge in [-0.3, -0.25) is 4.79 Å². The van der Waals surface area contributed by atoms with Crippen LogP contribution in [0.3, 0.4) is 0 Å². The first-order valence-corrected chi connectivity index (χ1v) is 6.80. The molecule has 0 aliphatic carbocycles. The lowest BCUT2D eigenvalue weighted by molar-refractivity contribution is -0.121. The second-order valence-electron chi connectivity index (χ2n) is 6.28. The van der Waals surface area contributed by atoms with Crippen LogP contribution in [0.4, 0.5) is 0 Å². The van der Waals surface area contributed by atoms with E-state index in [1.54, 1.807) is 0 Å². The summed E-state index contributed by atoms with van der Waals surface area (Å²) in [4.78, 5) is 11.5. The van der Waals surface area contributed by atoms with Crippen LogP contribution >= 0.6 is 0 Å². The molecule has 0 bridgehead atoms. The van der Waals surface area contributed by atoms with Crippen molar-refractivity contribution in [1.82, 2.24) is 5.32 Å². The van der Waals surface area contributed by atoms with Crippen molar-refractivity contribution in [1.29, 1.82) is 0 Å². The van der Waals surface area contributed by atoms with Crippen LogP contribution in [0.15, 0.2) is 12.2 Å². The van der Waals surface area contributed by atoms with E-state index in [-0.39, 0.29) is 11.3 Å². The Morgan fingerprint density at radius 3 is 2.50 bits per heavy atom. The monoisotopic (exact) mass is 255 g/mol. The smallest absolute Gasteiger partial charge is 0.220 e. The Morgan fingerprint density at radius 1 is 1.28 bits per heavy atom. The molecule has 0 unspecified atom stereocenters. The highest BCUT2D eigenvalue weighted by atomic mass is 16.5. The number of hydrogen-bond donors (Lipinski definition) is 1. The number of hydrogen-bond acceptors (Lipinski definition) is 2. The van der Waals surface area contributed by atoms with Crippen molar-refractivity contribution in [2.45, 2.75) is 47.5 Å². The molecule has 0 heterocycles. The van der Waals surface area contributed by atoms with E-state index >= 15 is 0 Å². The maximum absolute atomic E-state index is 11.5. The molecule has 106 valence electrons. The van der Waals surface area contributed by atoms with Crippen molar-refractivity contribution in [3.63, 3.8) is 0 Å². The van der Waals surface area contributed by atoms with Gasteiger partial charge in [0.25, 0.3) is 0 Å². The van der Waals surface area contributed by atoms with Crippen molar-refractivity contribution in [3.8, 4) is 0 Å². The molecule has 0 aliphatic heterocycles. The Labute approximate surface area is 112 Å². The van der Waals surface area contributed by atoms with E-state index in [4.69, 9.17) is 4.74 Å². The van der Waals surface area contributed by atoms with Gasteiger partial charge in [0.1, 0.15) is 0 Å². The van der Waals surface area contributed by atoms with Crippen LogP contribution in [0.1, 0.15) is 47.5 Å². The van der Waals surface area contributed by atoms with Gasteiger partial charge in [-0.2, -0.15) is 0 Å². The first-order chi connectivity index (χ1) is 8.31. The summed E-state index contributed by atoms with van der Waals surface area (Å²) in [7, 11) is 0. The van der Waals surface area contributed by atoms with Crippen LogP contribution in [0, 0.1) is 11.3 Å². The molecule has 0 rings (SSSR count). The van der Waals surface area contributed by atoms with Gasteiger partial charge in [0, 0.05) is 19.6 Å². The minimum atomic E-state index is 0.123. The lowest BCUT2D eigenvalue weighted by Crippen LogP contribution is -2.31. The Kier molecular flexibility index (Phi) is 8.73. The van der Waals surface area contributed by atoms with Crippen molar-refractivity contribution in [2.24, 2.45) is 11.3 Å². The van der Waals surface area contributed by atoms with Crippen molar-refractivity contribution in [3.05, 3.63) is 12.2 Å². The third kappa shape index (κ3) is 13.2. The van der Waals surface area contributed by atoms with Crippen LogP contribution < -0.4 is 5.32 Å². The Morgan fingerprint density at radius 2 is 1.94 bits per heavy atom. The summed E-state index contributed by atoms with van der Waals surface area (Å²) in [6.45, 7) is 12.7. The molecule has 1 amide bonds. The van der Waals surface area contributed by atoms with Gasteiger partial charge in [0.05, 0.1) is 6.61 Å². The highest BCUT2D eigenvalue weighted by molar-refractivity contribution is 5.76. The van der Waals surface area contributed by atoms with Crippen LogP contribution in [-0.2, 0) is 9.53 Å². The standard InChI is InChI=1S/C15H29NO2/c1-13(2)11-18-10-8-6-7-9-14(17)16-12-15(3,4)5/h6,8,13H,7,9-12H2,1-5H3,(H,16,17)/b8-6-. The van der Waals surface area contributed by atoms with E-state index in [2.05, 4.69) is 39.9 Å². The van der Waals surface area contributed by atoms with E-state index in [1.807, 2.05) is 12.2 Å². The molecule has 3 heteroatoms. The number of rotatable bonds is 8. The fraction of sp³-hybridized carbons (Fsp3) is 0.800. The van der Waals surface area contributed by atoms with Crippen LogP contribution in [0.5, 0.6) is 0 Å². The van der Waals surface area contributed by atoms with Gasteiger partial charge in [0.2, 0.25) is 5.91 Å². The molecule has 0 spiro atoms. The zero-order chi connectivity index (χ0) is 14.0. The lowest BCUT2D eigenvalue weighted by Gasteiger charge is -2.18. The normalized spacial score (nSPS) is 12.3.